The van der Waals surface area contributed by atoms with Crippen molar-refractivity contribution in [2.24, 2.45) is 5.84 Å². The summed E-state index contributed by atoms with van der Waals surface area (Å²) in [7, 11) is 0. The van der Waals surface area contributed by atoms with Gasteiger partial charge in [0.05, 0.1) is 4.34 Å². The first-order valence-corrected chi connectivity index (χ1v) is 4.67. The highest BCUT2D eigenvalue weighted by Crippen LogP contribution is 2.30. The summed E-state index contributed by atoms with van der Waals surface area (Å²) in [5.41, 5.74) is 0.994. The summed E-state index contributed by atoms with van der Waals surface area (Å²) >= 11 is 6.87. The fourth-order valence-corrected chi connectivity index (χ4v) is 1.97. The zero-order valence-corrected chi connectivity index (χ0v) is 8.45. The van der Waals surface area contributed by atoms with Gasteiger partial charge < -0.3 is 5.11 Å². The summed E-state index contributed by atoms with van der Waals surface area (Å²) in [6.45, 7) is 1.48. The molecule has 4 nitrogen and oxygen atoms in total. The predicted molar refractivity (Wildman–Crippen MR) is 51.6 cm³/mol. The van der Waals surface area contributed by atoms with Crippen molar-refractivity contribution in [3.63, 3.8) is 0 Å². The molecule has 13 heavy (non-hydrogen) atoms. The number of aliphatic carboxylic acids is 1. The number of hydrogen-bond donors (Lipinski definition) is 3. The van der Waals surface area contributed by atoms with E-state index in [0.29, 0.717) is 9.21 Å². The van der Waals surface area contributed by atoms with Crippen molar-refractivity contribution in [1.82, 2.24) is 5.43 Å². The molecule has 0 fully saturated rings. The summed E-state index contributed by atoms with van der Waals surface area (Å²) in [5.74, 6) is 4.15. The lowest BCUT2D eigenvalue weighted by Crippen LogP contribution is -2.49. The van der Waals surface area contributed by atoms with E-state index >= 15 is 0 Å². The quantitative estimate of drug-likeness (QED) is 0.528. The summed E-state index contributed by atoms with van der Waals surface area (Å²) in [4.78, 5) is 11.5. The molecule has 0 radical (unpaired) electrons. The number of carbonyl (C=O) groups is 1. The van der Waals surface area contributed by atoms with Gasteiger partial charge in [-0.1, -0.05) is 11.6 Å². The molecule has 0 spiro atoms. The van der Waals surface area contributed by atoms with Crippen LogP contribution in [0.25, 0.3) is 0 Å². The number of halogens is 1. The van der Waals surface area contributed by atoms with E-state index in [4.69, 9.17) is 22.6 Å². The Hall–Kier alpha value is -0.620. The summed E-state index contributed by atoms with van der Waals surface area (Å²) in [6, 6.07) is 3.28. The van der Waals surface area contributed by atoms with Crippen LogP contribution in [0.15, 0.2) is 12.1 Å². The summed E-state index contributed by atoms with van der Waals surface area (Å²) < 4.78 is 0.540. The Morgan fingerprint density at radius 1 is 1.77 bits per heavy atom. The van der Waals surface area contributed by atoms with Crippen LogP contribution in [-0.4, -0.2) is 11.1 Å². The van der Waals surface area contributed by atoms with Crippen molar-refractivity contribution in [3.8, 4) is 0 Å². The molecular formula is C7H9ClN2O2S. The van der Waals surface area contributed by atoms with E-state index < -0.39 is 11.5 Å². The number of nitrogens with one attached hydrogen (secondary N) is 1. The van der Waals surface area contributed by atoms with Crippen molar-refractivity contribution in [2.75, 3.05) is 0 Å². The van der Waals surface area contributed by atoms with E-state index in [1.54, 1.807) is 12.1 Å². The highest BCUT2D eigenvalue weighted by Gasteiger charge is 2.35. The molecule has 1 aromatic rings. The molecule has 1 rings (SSSR count). The number of hydrogen-bond acceptors (Lipinski definition) is 4. The Morgan fingerprint density at radius 2 is 2.38 bits per heavy atom. The number of rotatable bonds is 3. The van der Waals surface area contributed by atoms with Crippen molar-refractivity contribution in [2.45, 2.75) is 12.5 Å². The van der Waals surface area contributed by atoms with Gasteiger partial charge in [-0.25, -0.2) is 10.2 Å². The molecular weight excluding hydrogens is 212 g/mol. The molecule has 1 atom stereocenters. The molecule has 4 N–H and O–H groups in total. The molecule has 6 heteroatoms. The minimum absolute atomic E-state index is 0.540. The monoisotopic (exact) mass is 220 g/mol. The van der Waals surface area contributed by atoms with Crippen LogP contribution < -0.4 is 11.3 Å². The maximum absolute atomic E-state index is 10.9. The molecule has 72 valence electrons. The third kappa shape index (κ3) is 1.83. The number of carboxylic acids is 1. The van der Waals surface area contributed by atoms with Crippen molar-refractivity contribution in [1.29, 1.82) is 0 Å². The second-order valence-electron chi connectivity index (χ2n) is 2.68. The van der Waals surface area contributed by atoms with Gasteiger partial charge in [-0.15, -0.1) is 11.3 Å². The average molecular weight is 221 g/mol. The van der Waals surface area contributed by atoms with E-state index in [1.807, 2.05) is 0 Å². The normalized spacial score (nSPS) is 15.3. The smallest absolute Gasteiger partial charge is 0.330 e. The second kappa shape index (κ2) is 3.63. The van der Waals surface area contributed by atoms with E-state index in [2.05, 4.69) is 5.43 Å². The van der Waals surface area contributed by atoms with Gasteiger partial charge in [0.1, 0.15) is 0 Å². The van der Waals surface area contributed by atoms with Crippen LogP contribution >= 0.6 is 22.9 Å². The zero-order valence-electron chi connectivity index (χ0n) is 6.87. The number of hydrazine groups is 1. The molecule has 0 saturated carbocycles. The van der Waals surface area contributed by atoms with Gasteiger partial charge >= 0.3 is 5.97 Å². The largest absolute Gasteiger partial charge is 0.480 e. The summed E-state index contributed by atoms with van der Waals surface area (Å²) in [6.07, 6.45) is 0. The first-order valence-electron chi connectivity index (χ1n) is 3.47. The molecule has 1 heterocycles. The Bertz CT molecular complexity index is 328. The van der Waals surface area contributed by atoms with Gasteiger partial charge in [0.15, 0.2) is 5.54 Å². The van der Waals surface area contributed by atoms with Crippen molar-refractivity contribution in [3.05, 3.63) is 21.3 Å². The maximum Gasteiger partial charge on any atom is 0.330 e. The lowest BCUT2D eigenvalue weighted by Gasteiger charge is -2.21. The van der Waals surface area contributed by atoms with Crippen LogP contribution in [0.2, 0.25) is 4.34 Å². The fourth-order valence-electron chi connectivity index (χ4n) is 0.821. The van der Waals surface area contributed by atoms with E-state index in [9.17, 15) is 4.79 Å². The Morgan fingerprint density at radius 3 is 2.69 bits per heavy atom. The van der Waals surface area contributed by atoms with Crippen molar-refractivity contribution >= 4 is 28.9 Å². The lowest BCUT2D eigenvalue weighted by molar-refractivity contribution is -0.144. The van der Waals surface area contributed by atoms with Gasteiger partial charge in [-0.2, -0.15) is 0 Å². The molecule has 0 bridgehead atoms. The minimum atomic E-state index is -1.27. The Balaban J connectivity index is 3.09. The molecule has 0 amide bonds. The number of nitrogens with two attached hydrogens (primary N) is 1. The van der Waals surface area contributed by atoms with Gasteiger partial charge in [-0.05, 0) is 19.1 Å². The SMILES string of the molecule is CC(NN)(C(=O)O)c1ccc(Cl)s1. The van der Waals surface area contributed by atoms with Crippen LogP contribution in [0.5, 0.6) is 0 Å². The lowest BCUT2D eigenvalue weighted by atomic mass is 10.0. The van der Waals surface area contributed by atoms with Crippen LogP contribution in [-0.2, 0) is 10.3 Å². The first-order chi connectivity index (χ1) is 6.00. The number of thiophene rings is 1. The Kier molecular flexibility index (Phi) is 2.92. The minimum Gasteiger partial charge on any atom is -0.480 e. The van der Waals surface area contributed by atoms with Crippen LogP contribution in [0, 0.1) is 0 Å². The molecule has 1 unspecified atom stereocenters. The maximum atomic E-state index is 10.9. The topological polar surface area (TPSA) is 75.3 Å². The Labute approximate surface area is 84.3 Å². The highest BCUT2D eigenvalue weighted by atomic mass is 35.5. The van der Waals surface area contributed by atoms with Crippen LogP contribution in [0.3, 0.4) is 0 Å². The molecule has 0 aromatic carbocycles. The highest BCUT2D eigenvalue weighted by molar-refractivity contribution is 7.16. The van der Waals surface area contributed by atoms with Crippen LogP contribution in [0.4, 0.5) is 0 Å². The van der Waals surface area contributed by atoms with Gasteiger partial charge in [-0.3, -0.25) is 5.84 Å². The van der Waals surface area contributed by atoms with E-state index in [0.717, 1.165) is 0 Å². The van der Waals surface area contributed by atoms with Crippen LogP contribution in [0.1, 0.15) is 11.8 Å². The molecule has 0 saturated heterocycles. The zero-order chi connectivity index (χ0) is 10.1. The predicted octanol–water partition coefficient (Wildman–Crippen LogP) is 1.16. The van der Waals surface area contributed by atoms with E-state index in [-0.39, 0.29) is 0 Å². The molecule has 0 aliphatic carbocycles. The first kappa shape index (κ1) is 10.5. The summed E-state index contributed by atoms with van der Waals surface area (Å²) in [5, 5.41) is 8.92. The van der Waals surface area contributed by atoms with Gasteiger partial charge in [0, 0.05) is 4.88 Å². The fraction of sp³-hybridized carbons (Fsp3) is 0.286. The van der Waals surface area contributed by atoms with E-state index in [1.165, 1.54) is 18.3 Å². The second-order valence-corrected chi connectivity index (χ2v) is 4.39. The standard InChI is InChI=1S/C7H9ClN2O2S/c1-7(10-9,6(11)12)4-2-3-5(8)13-4/h2-3,10H,9H2,1H3,(H,11,12). The van der Waals surface area contributed by atoms with Gasteiger partial charge in [0.25, 0.3) is 0 Å². The third-order valence-corrected chi connectivity index (χ3v) is 3.24. The van der Waals surface area contributed by atoms with Gasteiger partial charge in [0.2, 0.25) is 0 Å². The van der Waals surface area contributed by atoms with Crippen molar-refractivity contribution < 1.29 is 9.90 Å². The molecule has 0 aliphatic rings. The third-order valence-electron chi connectivity index (χ3n) is 1.78. The average Bonchev–Trinajstić information content (AvgIpc) is 2.50. The molecule has 1 aromatic heterocycles. The number of carboxylic acid groups (broad SMARTS) is 1. The molecule has 0 aliphatic heterocycles.